The van der Waals surface area contributed by atoms with Crippen molar-refractivity contribution >= 4 is 11.3 Å². The zero-order valence-corrected chi connectivity index (χ0v) is 10.6. The summed E-state index contributed by atoms with van der Waals surface area (Å²) in [6.07, 6.45) is 5.68. The second kappa shape index (κ2) is 5.27. The van der Waals surface area contributed by atoms with E-state index in [1.807, 2.05) is 7.11 Å². The van der Waals surface area contributed by atoms with Gasteiger partial charge in [0.15, 0.2) is 0 Å². The number of rotatable bonds is 5. The van der Waals surface area contributed by atoms with Crippen molar-refractivity contribution in [2.75, 3.05) is 7.11 Å². The van der Waals surface area contributed by atoms with Gasteiger partial charge >= 0.3 is 0 Å². The molecule has 0 amide bonds. The molecule has 0 spiro atoms. The Morgan fingerprint density at radius 1 is 1.56 bits per heavy atom. The molecule has 1 heterocycles. The monoisotopic (exact) mass is 240 g/mol. The van der Waals surface area contributed by atoms with Gasteiger partial charge in [-0.1, -0.05) is 18.9 Å². The van der Waals surface area contributed by atoms with Gasteiger partial charge in [0.25, 0.3) is 0 Å². The third kappa shape index (κ3) is 2.30. The maximum atomic E-state index is 5.76. The van der Waals surface area contributed by atoms with Crippen LogP contribution >= 0.6 is 11.3 Å². The highest BCUT2D eigenvalue weighted by atomic mass is 32.1. The van der Waals surface area contributed by atoms with Crippen LogP contribution in [0.15, 0.2) is 17.5 Å². The molecular formula is C12H20N2OS. The molecule has 2 rings (SSSR count). The molecule has 0 saturated heterocycles. The summed E-state index contributed by atoms with van der Waals surface area (Å²) in [6, 6.07) is 4.47. The summed E-state index contributed by atoms with van der Waals surface area (Å²) in [5.74, 6) is 5.70. The lowest BCUT2D eigenvalue weighted by atomic mass is 9.89. The van der Waals surface area contributed by atoms with Gasteiger partial charge in [0.2, 0.25) is 0 Å². The first-order valence-corrected chi connectivity index (χ1v) is 6.72. The molecule has 1 aliphatic rings. The second-order valence-corrected chi connectivity index (χ2v) is 5.51. The molecule has 90 valence electrons. The van der Waals surface area contributed by atoms with E-state index in [0.717, 1.165) is 19.3 Å². The van der Waals surface area contributed by atoms with Crippen LogP contribution in [0.4, 0.5) is 0 Å². The quantitative estimate of drug-likeness (QED) is 0.612. The molecule has 3 nitrogen and oxygen atoms in total. The minimum atomic E-state index is -0.0568. The van der Waals surface area contributed by atoms with Gasteiger partial charge in [-0.25, -0.2) is 0 Å². The van der Waals surface area contributed by atoms with E-state index in [-0.39, 0.29) is 11.6 Å². The zero-order chi connectivity index (χ0) is 11.4. The van der Waals surface area contributed by atoms with Gasteiger partial charge in [-0.3, -0.25) is 11.3 Å². The molecule has 1 saturated carbocycles. The van der Waals surface area contributed by atoms with E-state index in [1.165, 1.54) is 17.7 Å². The summed E-state index contributed by atoms with van der Waals surface area (Å²) in [7, 11) is 1.81. The van der Waals surface area contributed by atoms with Gasteiger partial charge in [0.1, 0.15) is 0 Å². The minimum Gasteiger partial charge on any atom is -0.377 e. The van der Waals surface area contributed by atoms with Crippen LogP contribution in [0.2, 0.25) is 0 Å². The Hall–Kier alpha value is -0.420. The second-order valence-electron chi connectivity index (χ2n) is 4.48. The Morgan fingerprint density at radius 2 is 2.31 bits per heavy atom. The van der Waals surface area contributed by atoms with Crippen LogP contribution in [0.5, 0.6) is 0 Å². The lowest BCUT2D eigenvalue weighted by Gasteiger charge is -2.35. The van der Waals surface area contributed by atoms with Gasteiger partial charge in [0.05, 0.1) is 11.6 Å². The molecule has 3 N–H and O–H groups in total. The summed E-state index contributed by atoms with van der Waals surface area (Å²) < 4.78 is 5.76. The molecular weight excluding hydrogens is 220 g/mol. The largest absolute Gasteiger partial charge is 0.377 e. The lowest BCUT2D eigenvalue weighted by Crippen LogP contribution is -2.54. The highest BCUT2D eigenvalue weighted by molar-refractivity contribution is 7.09. The van der Waals surface area contributed by atoms with E-state index < -0.39 is 0 Å². The van der Waals surface area contributed by atoms with Crippen molar-refractivity contribution in [1.29, 1.82) is 0 Å². The average Bonchev–Trinajstić information content (AvgIpc) is 2.97. The van der Waals surface area contributed by atoms with Crippen molar-refractivity contribution in [2.45, 2.75) is 43.7 Å². The smallest absolute Gasteiger partial charge is 0.0847 e. The number of methoxy groups -OCH3 is 1. The van der Waals surface area contributed by atoms with Crippen molar-refractivity contribution in [2.24, 2.45) is 5.84 Å². The van der Waals surface area contributed by atoms with Crippen molar-refractivity contribution in [3.8, 4) is 0 Å². The lowest BCUT2D eigenvalue weighted by molar-refractivity contribution is -0.0353. The average molecular weight is 240 g/mol. The van der Waals surface area contributed by atoms with E-state index in [1.54, 1.807) is 11.3 Å². The Labute approximate surface area is 101 Å². The van der Waals surface area contributed by atoms with E-state index in [4.69, 9.17) is 10.6 Å². The van der Waals surface area contributed by atoms with Crippen LogP contribution in [0.25, 0.3) is 0 Å². The fraction of sp³-hybridized carbons (Fsp3) is 0.667. The maximum absolute atomic E-state index is 5.76. The van der Waals surface area contributed by atoms with Crippen molar-refractivity contribution in [3.05, 3.63) is 22.4 Å². The van der Waals surface area contributed by atoms with Crippen molar-refractivity contribution in [1.82, 2.24) is 5.43 Å². The highest BCUT2D eigenvalue weighted by Crippen LogP contribution is 2.36. The Kier molecular flexibility index (Phi) is 3.97. The standard InChI is InChI=1S/C12H20N2OS/c1-15-12(6-2-3-7-12)11(14-13)9-10-5-4-8-16-10/h4-5,8,11,14H,2-3,6-7,9,13H2,1H3. The van der Waals surface area contributed by atoms with Crippen LogP contribution in [-0.2, 0) is 11.2 Å². The van der Waals surface area contributed by atoms with Crippen molar-refractivity contribution < 1.29 is 4.74 Å². The molecule has 16 heavy (non-hydrogen) atoms. The first-order chi connectivity index (χ1) is 7.80. The number of thiophene rings is 1. The predicted molar refractivity (Wildman–Crippen MR) is 67.3 cm³/mol. The molecule has 0 radical (unpaired) electrons. The van der Waals surface area contributed by atoms with Gasteiger partial charge in [-0.2, -0.15) is 0 Å². The summed E-state index contributed by atoms with van der Waals surface area (Å²) in [5, 5.41) is 2.11. The first kappa shape index (κ1) is 12.0. The fourth-order valence-corrected chi connectivity index (χ4v) is 3.45. The topological polar surface area (TPSA) is 47.3 Å². The highest BCUT2D eigenvalue weighted by Gasteiger charge is 2.41. The van der Waals surface area contributed by atoms with Crippen LogP contribution < -0.4 is 11.3 Å². The molecule has 1 aromatic heterocycles. The zero-order valence-electron chi connectivity index (χ0n) is 9.74. The van der Waals surface area contributed by atoms with Crippen LogP contribution in [0.1, 0.15) is 30.6 Å². The molecule has 1 fully saturated rings. The molecule has 1 aromatic rings. The Balaban J connectivity index is 2.08. The van der Waals surface area contributed by atoms with E-state index in [9.17, 15) is 0 Å². The molecule has 1 aliphatic carbocycles. The molecule has 0 aromatic carbocycles. The van der Waals surface area contributed by atoms with E-state index in [0.29, 0.717) is 0 Å². The van der Waals surface area contributed by atoms with E-state index >= 15 is 0 Å². The van der Waals surface area contributed by atoms with Gasteiger partial charge in [-0.15, -0.1) is 11.3 Å². The molecule has 4 heteroatoms. The summed E-state index contributed by atoms with van der Waals surface area (Å²) >= 11 is 1.78. The van der Waals surface area contributed by atoms with Crippen LogP contribution in [0.3, 0.4) is 0 Å². The SMILES string of the molecule is COC1(C(Cc2cccs2)NN)CCCC1. The third-order valence-electron chi connectivity index (χ3n) is 3.68. The minimum absolute atomic E-state index is 0.0568. The number of hydrazine groups is 1. The predicted octanol–water partition coefficient (Wildman–Crippen LogP) is 2.08. The molecule has 1 unspecified atom stereocenters. The molecule has 0 bridgehead atoms. The van der Waals surface area contributed by atoms with Gasteiger partial charge < -0.3 is 4.74 Å². The van der Waals surface area contributed by atoms with Crippen molar-refractivity contribution in [3.63, 3.8) is 0 Å². The van der Waals surface area contributed by atoms with Crippen LogP contribution in [0, 0.1) is 0 Å². The number of nitrogens with two attached hydrogens (primary N) is 1. The summed E-state index contributed by atoms with van der Waals surface area (Å²) in [5.41, 5.74) is 2.90. The number of nitrogens with one attached hydrogen (secondary N) is 1. The summed E-state index contributed by atoms with van der Waals surface area (Å²) in [4.78, 5) is 1.37. The van der Waals surface area contributed by atoms with E-state index in [2.05, 4.69) is 22.9 Å². The third-order valence-corrected chi connectivity index (χ3v) is 4.58. The fourth-order valence-electron chi connectivity index (χ4n) is 2.70. The molecule has 1 atom stereocenters. The summed E-state index contributed by atoms with van der Waals surface area (Å²) in [6.45, 7) is 0. The number of ether oxygens (including phenoxy) is 1. The van der Waals surface area contributed by atoms with Gasteiger partial charge in [-0.05, 0) is 24.3 Å². The Bertz CT molecular complexity index is 307. The number of hydrogen-bond acceptors (Lipinski definition) is 4. The molecule has 0 aliphatic heterocycles. The first-order valence-electron chi connectivity index (χ1n) is 5.84. The number of hydrogen-bond donors (Lipinski definition) is 2. The normalized spacial score (nSPS) is 21.1. The maximum Gasteiger partial charge on any atom is 0.0847 e. The van der Waals surface area contributed by atoms with Crippen LogP contribution in [-0.4, -0.2) is 18.8 Å². The van der Waals surface area contributed by atoms with Gasteiger partial charge in [0, 0.05) is 18.4 Å². The Morgan fingerprint density at radius 3 is 2.81 bits per heavy atom.